The molecule has 3 N–H and O–H groups in total. The molecule has 1 aliphatic heterocycles. The Labute approximate surface area is 104 Å². The summed E-state index contributed by atoms with van der Waals surface area (Å²) in [6.45, 7) is 2.03. The van der Waals surface area contributed by atoms with Crippen molar-refractivity contribution in [3.8, 4) is 0 Å². The third-order valence-electron chi connectivity index (χ3n) is 4.17. The van der Waals surface area contributed by atoms with Crippen LogP contribution in [0.5, 0.6) is 0 Å². The normalized spacial score (nSPS) is 24.2. The molecule has 2 rings (SSSR count). The Balaban J connectivity index is 2.01. The van der Waals surface area contributed by atoms with Crippen molar-refractivity contribution < 1.29 is 4.79 Å². The van der Waals surface area contributed by atoms with E-state index in [-0.39, 0.29) is 6.03 Å². The summed E-state index contributed by atoms with van der Waals surface area (Å²) in [5, 5.41) is 3.35. The topological polar surface area (TPSA) is 58.4 Å². The van der Waals surface area contributed by atoms with Gasteiger partial charge in [0.1, 0.15) is 0 Å². The highest BCUT2D eigenvalue weighted by Crippen LogP contribution is 2.25. The smallest absolute Gasteiger partial charge is 0.315 e. The van der Waals surface area contributed by atoms with Crippen molar-refractivity contribution in [2.75, 3.05) is 13.1 Å². The summed E-state index contributed by atoms with van der Waals surface area (Å²) in [6, 6.07) is 0.568. The largest absolute Gasteiger partial charge is 0.351 e. The third-order valence-corrected chi connectivity index (χ3v) is 4.17. The summed E-state index contributed by atoms with van der Waals surface area (Å²) in [6.07, 6.45) is 9.53. The van der Waals surface area contributed by atoms with Crippen LogP contribution in [-0.2, 0) is 0 Å². The average Bonchev–Trinajstić information content (AvgIpc) is 2.59. The lowest BCUT2D eigenvalue weighted by Gasteiger charge is -2.39. The zero-order valence-electron chi connectivity index (χ0n) is 10.7. The minimum atomic E-state index is -0.205. The molecule has 0 unspecified atom stereocenters. The molecule has 2 amide bonds. The summed E-state index contributed by atoms with van der Waals surface area (Å²) in [7, 11) is 0. The molecule has 0 atom stereocenters. The minimum absolute atomic E-state index is 0.205. The van der Waals surface area contributed by atoms with Gasteiger partial charge in [-0.05, 0) is 38.8 Å². The number of nitrogens with one attached hydrogen (secondary N) is 1. The van der Waals surface area contributed by atoms with E-state index in [1.165, 1.54) is 25.7 Å². The zero-order valence-corrected chi connectivity index (χ0v) is 10.7. The van der Waals surface area contributed by atoms with Crippen molar-refractivity contribution in [1.29, 1.82) is 0 Å². The molecule has 2 aliphatic rings. The number of carbonyl (C=O) groups is 1. The maximum atomic E-state index is 11.7. The van der Waals surface area contributed by atoms with Crippen LogP contribution < -0.4 is 11.1 Å². The molecular weight excluding hydrogens is 214 g/mol. The van der Waals surface area contributed by atoms with Gasteiger partial charge in [0.25, 0.3) is 0 Å². The Morgan fingerprint density at radius 1 is 0.941 bits per heavy atom. The fourth-order valence-corrected chi connectivity index (χ4v) is 3.28. The van der Waals surface area contributed by atoms with E-state index < -0.39 is 0 Å². The molecular formula is C13H25N3O. The van der Waals surface area contributed by atoms with Gasteiger partial charge in [0, 0.05) is 12.1 Å². The first-order valence-electron chi connectivity index (χ1n) is 7.07. The lowest BCUT2D eigenvalue weighted by molar-refractivity contribution is 0.125. The van der Waals surface area contributed by atoms with E-state index in [4.69, 9.17) is 5.73 Å². The zero-order chi connectivity index (χ0) is 12.1. The third kappa shape index (κ3) is 3.35. The van der Waals surface area contributed by atoms with E-state index in [2.05, 4.69) is 5.32 Å². The Hall–Kier alpha value is -0.770. The summed E-state index contributed by atoms with van der Waals surface area (Å²) >= 11 is 0. The fourth-order valence-electron chi connectivity index (χ4n) is 3.28. The van der Waals surface area contributed by atoms with Crippen molar-refractivity contribution in [2.45, 2.75) is 63.5 Å². The second-order valence-electron chi connectivity index (χ2n) is 5.37. The molecule has 98 valence electrons. The first-order valence-corrected chi connectivity index (χ1v) is 7.07. The molecule has 0 radical (unpaired) electrons. The molecule has 4 nitrogen and oxygen atoms in total. The quantitative estimate of drug-likeness (QED) is 0.722. The van der Waals surface area contributed by atoms with Crippen molar-refractivity contribution in [2.24, 2.45) is 5.73 Å². The van der Waals surface area contributed by atoms with Crippen molar-refractivity contribution in [3.05, 3.63) is 0 Å². The van der Waals surface area contributed by atoms with E-state index in [1.54, 1.807) is 0 Å². The van der Waals surface area contributed by atoms with E-state index in [1.807, 2.05) is 4.90 Å². The number of hydrogen-bond acceptors (Lipinski definition) is 2. The highest BCUT2D eigenvalue weighted by molar-refractivity contribution is 5.72. The number of nitrogens with zero attached hydrogens (tertiary/aromatic N) is 1. The number of urea groups is 1. The van der Waals surface area contributed by atoms with Gasteiger partial charge >= 0.3 is 6.03 Å². The Morgan fingerprint density at radius 2 is 1.47 bits per heavy atom. The van der Waals surface area contributed by atoms with Gasteiger partial charge in [0.05, 0.1) is 0 Å². The predicted molar refractivity (Wildman–Crippen MR) is 68.8 cm³/mol. The van der Waals surface area contributed by atoms with Crippen LogP contribution in [0, 0.1) is 0 Å². The average molecular weight is 239 g/mol. The lowest BCUT2D eigenvalue weighted by Crippen LogP contribution is -2.53. The van der Waals surface area contributed by atoms with Crippen molar-refractivity contribution >= 4 is 6.03 Å². The SMILES string of the molecule is NC(=O)N(C1CCCCCC1)C1CCNCC1. The molecule has 1 aliphatic carbocycles. The first kappa shape index (κ1) is 12.7. The number of amides is 2. The molecule has 0 aromatic heterocycles. The summed E-state index contributed by atoms with van der Waals surface area (Å²) < 4.78 is 0. The van der Waals surface area contributed by atoms with Crippen LogP contribution in [0.25, 0.3) is 0 Å². The highest BCUT2D eigenvalue weighted by Gasteiger charge is 2.30. The molecule has 17 heavy (non-hydrogen) atoms. The maximum absolute atomic E-state index is 11.7. The number of carbonyl (C=O) groups excluding carboxylic acids is 1. The van der Waals surface area contributed by atoms with E-state index >= 15 is 0 Å². The number of piperidine rings is 1. The van der Waals surface area contributed by atoms with E-state index in [9.17, 15) is 4.79 Å². The molecule has 1 saturated heterocycles. The van der Waals surface area contributed by atoms with Crippen LogP contribution in [0.15, 0.2) is 0 Å². The molecule has 1 heterocycles. The van der Waals surface area contributed by atoms with Crippen LogP contribution in [0.3, 0.4) is 0 Å². The van der Waals surface area contributed by atoms with Gasteiger partial charge in [0.2, 0.25) is 0 Å². The highest BCUT2D eigenvalue weighted by atomic mass is 16.2. The summed E-state index contributed by atoms with van der Waals surface area (Å²) in [4.78, 5) is 13.7. The minimum Gasteiger partial charge on any atom is -0.351 e. The molecule has 1 saturated carbocycles. The van der Waals surface area contributed by atoms with Gasteiger partial charge < -0.3 is 16.0 Å². The van der Waals surface area contributed by atoms with Gasteiger partial charge in [-0.3, -0.25) is 0 Å². The van der Waals surface area contributed by atoms with Crippen LogP contribution in [0.2, 0.25) is 0 Å². The van der Waals surface area contributed by atoms with Gasteiger partial charge in [-0.25, -0.2) is 4.79 Å². The van der Waals surface area contributed by atoms with E-state index in [0.29, 0.717) is 12.1 Å². The lowest BCUT2D eigenvalue weighted by atomic mass is 9.99. The number of hydrogen-bond donors (Lipinski definition) is 2. The number of rotatable bonds is 2. The fraction of sp³-hybridized carbons (Fsp3) is 0.923. The molecule has 0 spiro atoms. The van der Waals surface area contributed by atoms with Crippen molar-refractivity contribution in [1.82, 2.24) is 10.2 Å². The van der Waals surface area contributed by atoms with Gasteiger partial charge in [-0.1, -0.05) is 25.7 Å². The van der Waals surface area contributed by atoms with Crippen LogP contribution in [-0.4, -0.2) is 36.1 Å². The predicted octanol–water partition coefficient (Wildman–Crippen LogP) is 1.84. The molecule has 2 fully saturated rings. The van der Waals surface area contributed by atoms with Crippen LogP contribution >= 0.6 is 0 Å². The second kappa shape index (κ2) is 6.24. The molecule has 0 aromatic rings. The molecule has 0 bridgehead atoms. The van der Waals surface area contributed by atoms with E-state index in [0.717, 1.165) is 38.8 Å². The van der Waals surface area contributed by atoms with Gasteiger partial charge in [-0.15, -0.1) is 0 Å². The molecule has 4 heteroatoms. The first-order chi connectivity index (χ1) is 8.29. The Kier molecular flexibility index (Phi) is 4.66. The Bertz CT molecular complexity index is 243. The van der Waals surface area contributed by atoms with Crippen LogP contribution in [0.4, 0.5) is 4.79 Å². The van der Waals surface area contributed by atoms with Gasteiger partial charge in [0.15, 0.2) is 0 Å². The number of nitrogens with two attached hydrogens (primary N) is 1. The second-order valence-corrected chi connectivity index (χ2v) is 5.37. The van der Waals surface area contributed by atoms with Gasteiger partial charge in [-0.2, -0.15) is 0 Å². The molecule has 0 aromatic carbocycles. The Morgan fingerprint density at radius 3 is 2.00 bits per heavy atom. The van der Waals surface area contributed by atoms with Crippen molar-refractivity contribution in [3.63, 3.8) is 0 Å². The standard InChI is InChI=1S/C13H25N3O/c14-13(17)16(12-7-9-15-10-8-12)11-5-3-1-2-4-6-11/h11-12,15H,1-10H2,(H2,14,17). The summed E-state index contributed by atoms with van der Waals surface area (Å²) in [5.74, 6) is 0. The number of primary amides is 1. The maximum Gasteiger partial charge on any atom is 0.315 e. The van der Waals surface area contributed by atoms with Crippen LogP contribution in [0.1, 0.15) is 51.4 Å². The monoisotopic (exact) mass is 239 g/mol. The summed E-state index contributed by atoms with van der Waals surface area (Å²) in [5.41, 5.74) is 5.62.